The zero-order valence-electron chi connectivity index (χ0n) is 30.5. The Morgan fingerprint density at radius 1 is 0.380 bits per heavy atom. The number of hydrogen-bond acceptors (Lipinski definition) is 2. The topological polar surface area (TPSA) is 25.8 Å². The maximum atomic E-state index is 5.68. The molecule has 0 atom stereocenters. The number of rotatable bonds is 10. The van der Waals surface area contributed by atoms with Gasteiger partial charge in [-0.2, -0.15) is 0 Å². The highest BCUT2D eigenvalue weighted by Crippen LogP contribution is 2.42. The lowest BCUT2D eigenvalue weighted by Gasteiger charge is -2.21. The molecule has 2 aromatic heterocycles. The minimum Gasteiger partial charge on any atom is -0.245 e. The second-order valence-electron chi connectivity index (χ2n) is 13.3. The van der Waals surface area contributed by atoms with E-state index in [-0.39, 0.29) is 0 Å². The molecule has 0 unspecified atom stereocenters. The standard InChI is InChI=1S/C48H48N2/c1-7-31-23-25-33(9-3)45(37(31)11-5)43-29-41(35-19-15-13-16-20-35)39-27-28-40-42(36-21-17-14-18-22-36)30-44(50-48(40)47(39)49-43)46-34(10-4)26-24-32(8-2)38(46)12-6/h13-30H,7-12H2,1-6H3. The molecule has 2 heterocycles. The van der Waals surface area contributed by atoms with Gasteiger partial charge < -0.3 is 0 Å². The summed E-state index contributed by atoms with van der Waals surface area (Å²) in [7, 11) is 0. The first kappa shape index (κ1) is 33.4. The van der Waals surface area contributed by atoms with Crippen molar-refractivity contribution in [3.05, 3.63) is 143 Å². The molecule has 0 saturated carbocycles. The molecule has 2 heteroatoms. The smallest absolute Gasteiger partial charge is 0.0978 e. The summed E-state index contributed by atoms with van der Waals surface area (Å²) in [5.74, 6) is 0. The maximum Gasteiger partial charge on any atom is 0.0978 e. The molecular weight excluding hydrogens is 605 g/mol. The largest absolute Gasteiger partial charge is 0.245 e. The number of nitrogens with zero attached hydrogens (tertiary/aromatic N) is 2. The van der Waals surface area contributed by atoms with Crippen LogP contribution >= 0.6 is 0 Å². The van der Waals surface area contributed by atoms with Crippen molar-refractivity contribution < 1.29 is 0 Å². The molecule has 0 radical (unpaired) electrons. The minimum absolute atomic E-state index is 0.955. The van der Waals surface area contributed by atoms with E-state index in [1.54, 1.807) is 0 Å². The molecule has 0 amide bonds. The van der Waals surface area contributed by atoms with Gasteiger partial charge in [-0.05, 0) is 106 Å². The number of aryl methyl sites for hydroxylation is 4. The zero-order valence-corrected chi connectivity index (χ0v) is 30.5. The molecule has 5 aromatic carbocycles. The van der Waals surface area contributed by atoms with Crippen LogP contribution in [-0.4, -0.2) is 9.97 Å². The average Bonchev–Trinajstić information content (AvgIpc) is 3.19. The van der Waals surface area contributed by atoms with Crippen LogP contribution in [0.1, 0.15) is 74.9 Å². The van der Waals surface area contributed by atoms with Crippen molar-refractivity contribution in [2.45, 2.75) is 80.1 Å². The van der Waals surface area contributed by atoms with Crippen LogP contribution in [0, 0.1) is 0 Å². The van der Waals surface area contributed by atoms with E-state index in [2.05, 4.69) is 151 Å². The first-order chi connectivity index (χ1) is 24.5. The van der Waals surface area contributed by atoms with Crippen molar-refractivity contribution in [2.24, 2.45) is 0 Å². The molecule has 250 valence electrons. The number of hydrogen-bond donors (Lipinski definition) is 0. The molecule has 0 aliphatic heterocycles. The maximum absolute atomic E-state index is 5.68. The van der Waals surface area contributed by atoms with Crippen molar-refractivity contribution in [1.29, 1.82) is 0 Å². The Labute approximate surface area is 298 Å². The average molecular weight is 653 g/mol. The van der Waals surface area contributed by atoms with E-state index in [1.165, 1.54) is 66.8 Å². The summed E-state index contributed by atoms with van der Waals surface area (Å²) in [6, 6.07) is 40.2. The lowest BCUT2D eigenvalue weighted by atomic mass is 9.87. The Bertz CT molecular complexity index is 2150. The molecule has 0 saturated heterocycles. The molecule has 7 rings (SSSR count). The minimum atomic E-state index is 0.955. The molecule has 0 aliphatic carbocycles. The van der Waals surface area contributed by atoms with Crippen molar-refractivity contribution >= 4 is 21.8 Å². The van der Waals surface area contributed by atoms with Gasteiger partial charge in [-0.1, -0.05) is 139 Å². The van der Waals surface area contributed by atoms with E-state index >= 15 is 0 Å². The highest BCUT2D eigenvalue weighted by atomic mass is 14.8. The summed E-state index contributed by atoms with van der Waals surface area (Å²) in [4.78, 5) is 11.4. The first-order valence-electron chi connectivity index (χ1n) is 18.7. The monoisotopic (exact) mass is 652 g/mol. The molecule has 0 aliphatic rings. The molecule has 50 heavy (non-hydrogen) atoms. The first-order valence-corrected chi connectivity index (χ1v) is 18.7. The van der Waals surface area contributed by atoms with Gasteiger partial charge in [-0.3, -0.25) is 0 Å². The van der Waals surface area contributed by atoms with Crippen molar-refractivity contribution in [2.75, 3.05) is 0 Å². The van der Waals surface area contributed by atoms with Crippen LogP contribution in [0.5, 0.6) is 0 Å². The molecule has 0 spiro atoms. The Morgan fingerprint density at radius 2 is 0.740 bits per heavy atom. The van der Waals surface area contributed by atoms with E-state index in [0.717, 1.165) is 71.7 Å². The van der Waals surface area contributed by atoms with Gasteiger partial charge in [0.25, 0.3) is 0 Å². The van der Waals surface area contributed by atoms with Gasteiger partial charge >= 0.3 is 0 Å². The van der Waals surface area contributed by atoms with Gasteiger partial charge in [0.1, 0.15) is 0 Å². The molecular formula is C48H48N2. The highest BCUT2D eigenvalue weighted by Gasteiger charge is 2.22. The van der Waals surface area contributed by atoms with E-state index in [4.69, 9.17) is 9.97 Å². The third-order valence-corrected chi connectivity index (χ3v) is 10.7. The Hall–Kier alpha value is -5.08. The number of benzene rings is 5. The molecule has 0 bridgehead atoms. The fourth-order valence-corrected chi connectivity index (χ4v) is 8.12. The Kier molecular flexibility index (Phi) is 9.63. The second kappa shape index (κ2) is 14.4. The van der Waals surface area contributed by atoms with Gasteiger partial charge in [-0.25, -0.2) is 9.97 Å². The van der Waals surface area contributed by atoms with Crippen LogP contribution in [0.4, 0.5) is 0 Å². The predicted octanol–water partition coefficient (Wildman–Crippen LogP) is 12.8. The van der Waals surface area contributed by atoms with E-state index in [9.17, 15) is 0 Å². The van der Waals surface area contributed by atoms with Crippen LogP contribution in [0.15, 0.2) is 109 Å². The molecule has 7 aromatic rings. The Morgan fingerprint density at radius 3 is 1.08 bits per heavy atom. The molecule has 0 fully saturated rings. The fraction of sp³-hybridized carbons (Fsp3) is 0.250. The second-order valence-corrected chi connectivity index (χ2v) is 13.3. The summed E-state index contributed by atoms with van der Waals surface area (Å²) in [5, 5.41) is 2.26. The SMILES string of the molecule is CCc1ccc(CC)c(-c2cc(-c3ccccc3)c3ccc4c(-c5ccccc5)cc(-c5c(CC)ccc(CC)c5CC)nc4c3n2)c1CC. The summed E-state index contributed by atoms with van der Waals surface area (Å²) in [5.41, 5.74) is 19.7. The predicted molar refractivity (Wildman–Crippen MR) is 215 cm³/mol. The van der Waals surface area contributed by atoms with Crippen molar-refractivity contribution in [1.82, 2.24) is 9.97 Å². The van der Waals surface area contributed by atoms with Gasteiger partial charge in [0.15, 0.2) is 0 Å². The van der Waals surface area contributed by atoms with Crippen molar-refractivity contribution in [3.63, 3.8) is 0 Å². The number of pyridine rings is 2. The number of fused-ring (bicyclic) bond motifs is 3. The third-order valence-electron chi connectivity index (χ3n) is 10.7. The fourth-order valence-electron chi connectivity index (χ4n) is 8.12. The van der Waals surface area contributed by atoms with Crippen LogP contribution in [0.25, 0.3) is 66.6 Å². The molecule has 2 nitrogen and oxygen atoms in total. The highest BCUT2D eigenvalue weighted by molar-refractivity contribution is 6.13. The lowest BCUT2D eigenvalue weighted by molar-refractivity contribution is 1.02. The quantitative estimate of drug-likeness (QED) is 0.137. The molecule has 0 N–H and O–H groups in total. The number of aromatic nitrogens is 2. The lowest BCUT2D eigenvalue weighted by Crippen LogP contribution is -2.03. The van der Waals surface area contributed by atoms with Crippen LogP contribution < -0.4 is 0 Å². The van der Waals surface area contributed by atoms with Gasteiger partial charge in [0.2, 0.25) is 0 Å². The van der Waals surface area contributed by atoms with Gasteiger partial charge in [0.05, 0.1) is 22.4 Å². The third kappa shape index (κ3) is 5.81. The van der Waals surface area contributed by atoms with E-state index < -0.39 is 0 Å². The summed E-state index contributed by atoms with van der Waals surface area (Å²) in [6.45, 7) is 13.6. The summed E-state index contributed by atoms with van der Waals surface area (Å²) >= 11 is 0. The van der Waals surface area contributed by atoms with Gasteiger partial charge in [0, 0.05) is 21.9 Å². The van der Waals surface area contributed by atoms with Crippen molar-refractivity contribution in [3.8, 4) is 44.8 Å². The Balaban J connectivity index is 1.67. The zero-order chi connectivity index (χ0) is 34.8. The van der Waals surface area contributed by atoms with Crippen LogP contribution in [0.2, 0.25) is 0 Å². The van der Waals surface area contributed by atoms with Crippen LogP contribution in [-0.2, 0) is 38.5 Å². The van der Waals surface area contributed by atoms with Gasteiger partial charge in [-0.15, -0.1) is 0 Å². The van der Waals surface area contributed by atoms with Crippen LogP contribution in [0.3, 0.4) is 0 Å². The summed E-state index contributed by atoms with van der Waals surface area (Å²) < 4.78 is 0. The normalized spacial score (nSPS) is 11.5. The van der Waals surface area contributed by atoms with E-state index in [1.807, 2.05) is 0 Å². The van der Waals surface area contributed by atoms with E-state index in [0.29, 0.717) is 0 Å². The summed E-state index contributed by atoms with van der Waals surface area (Å²) in [6.07, 6.45) is 5.85.